The smallest absolute Gasteiger partial charge is 0.257 e. The van der Waals surface area contributed by atoms with Crippen molar-refractivity contribution in [1.29, 1.82) is 0 Å². The third kappa shape index (κ3) is 3.85. The first-order valence-corrected chi connectivity index (χ1v) is 6.49. The molecule has 0 spiro atoms. The molecule has 2 aromatic rings. The highest BCUT2D eigenvalue weighted by Gasteiger charge is 2.20. The van der Waals surface area contributed by atoms with Crippen LogP contribution in [0.4, 0.5) is 8.78 Å². The summed E-state index contributed by atoms with van der Waals surface area (Å²) < 4.78 is 26.5. The summed E-state index contributed by atoms with van der Waals surface area (Å²) in [5, 5.41) is 4.08. The zero-order chi connectivity index (χ0) is 15.2. The highest BCUT2D eigenvalue weighted by atomic mass is 19.3. The van der Waals surface area contributed by atoms with E-state index in [1.807, 2.05) is 30.3 Å². The number of carbonyl (C=O) groups is 1. The highest BCUT2D eigenvalue weighted by molar-refractivity contribution is 5.93. The van der Waals surface area contributed by atoms with Gasteiger partial charge in [0.25, 0.3) is 12.3 Å². The average molecular weight is 294 g/mol. The quantitative estimate of drug-likeness (QED) is 0.879. The molecule has 2 N–H and O–H groups in total. The van der Waals surface area contributed by atoms with Crippen LogP contribution in [0.1, 0.15) is 10.4 Å². The second-order valence-electron chi connectivity index (χ2n) is 4.44. The number of hydrogen-bond donors (Lipinski definition) is 1. The molecule has 0 radical (unpaired) electrons. The molecule has 0 aliphatic rings. The summed E-state index contributed by atoms with van der Waals surface area (Å²) in [6.45, 7) is -0.419. The van der Waals surface area contributed by atoms with Crippen LogP contribution in [0.5, 0.6) is 0 Å². The van der Waals surface area contributed by atoms with E-state index in [1.165, 1.54) is 17.1 Å². The molecular formula is C14H16F2N4O. The fraction of sp³-hybridized carbons (Fsp3) is 0.286. The van der Waals surface area contributed by atoms with Crippen LogP contribution in [0, 0.1) is 0 Å². The molecule has 0 bridgehead atoms. The SMILES string of the molecule is NCCN(CC(F)F)C(=O)c1cnn(-c2ccccc2)c1. The molecule has 1 aromatic carbocycles. The standard InChI is InChI=1S/C14H16F2N4O/c15-13(16)10-19(7-6-17)14(21)11-8-18-20(9-11)12-4-2-1-3-5-12/h1-5,8-9,13H,6-7,10,17H2. The molecule has 0 fully saturated rings. The van der Waals surface area contributed by atoms with E-state index in [9.17, 15) is 13.6 Å². The number of para-hydroxylation sites is 1. The molecule has 0 saturated heterocycles. The first-order chi connectivity index (χ1) is 10.1. The van der Waals surface area contributed by atoms with Crippen LogP contribution in [0.2, 0.25) is 0 Å². The topological polar surface area (TPSA) is 64.2 Å². The van der Waals surface area contributed by atoms with Crippen LogP contribution in [0.3, 0.4) is 0 Å². The van der Waals surface area contributed by atoms with Crippen molar-refractivity contribution in [3.8, 4) is 5.69 Å². The van der Waals surface area contributed by atoms with Gasteiger partial charge >= 0.3 is 0 Å². The second kappa shape index (κ2) is 6.94. The summed E-state index contributed by atoms with van der Waals surface area (Å²) in [5.74, 6) is -0.497. The van der Waals surface area contributed by atoms with Crippen molar-refractivity contribution in [3.05, 3.63) is 48.3 Å². The van der Waals surface area contributed by atoms with Gasteiger partial charge in [0.2, 0.25) is 0 Å². The van der Waals surface area contributed by atoms with E-state index < -0.39 is 18.9 Å². The monoisotopic (exact) mass is 294 g/mol. The van der Waals surface area contributed by atoms with Gasteiger partial charge in [0.1, 0.15) is 0 Å². The molecule has 1 heterocycles. The molecule has 21 heavy (non-hydrogen) atoms. The van der Waals surface area contributed by atoms with Crippen molar-refractivity contribution < 1.29 is 13.6 Å². The maximum atomic E-state index is 12.5. The summed E-state index contributed by atoms with van der Waals surface area (Å²) >= 11 is 0. The summed E-state index contributed by atoms with van der Waals surface area (Å²) in [6, 6.07) is 9.22. The second-order valence-corrected chi connectivity index (χ2v) is 4.44. The van der Waals surface area contributed by atoms with Gasteiger partial charge in [-0.1, -0.05) is 18.2 Å². The minimum atomic E-state index is -2.59. The fourth-order valence-corrected chi connectivity index (χ4v) is 1.94. The predicted octanol–water partition coefficient (Wildman–Crippen LogP) is 1.54. The molecule has 0 aliphatic heterocycles. The molecule has 0 unspecified atom stereocenters. The zero-order valence-electron chi connectivity index (χ0n) is 11.3. The van der Waals surface area contributed by atoms with E-state index in [0.717, 1.165) is 10.6 Å². The average Bonchev–Trinajstić information content (AvgIpc) is 2.96. The number of hydrogen-bond acceptors (Lipinski definition) is 3. The van der Waals surface area contributed by atoms with E-state index in [4.69, 9.17) is 5.73 Å². The minimum absolute atomic E-state index is 0.0830. The molecular weight excluding hydrogens is 278 g/mol. The summed E-state index contributed by atoms with van der Waals surface area (Å²) in [5.41, 5.74) is 6.40. The number of alkyl halides is 2. The van der Waals surface area contributed by atoms with Gasteiger partial charge in [-0.15, -0.1) is 0 Å². The summed E-state index contributed by atoms with van der Waals surface area (Å²) in [6.07, 6.45) is 0.293. The number of amides is 1. The van der Waals surface area contributed by atoms with Gasteiger partial charge in [0, 0.05) is 19.3 Å². The molecule has 2 rings (SSSR count). The largest absolute Gasteiger partial charge is 0.332 e. The molecule has 1 aromatic heterocycles. The normalized spacial score (nSPS) is 10.9. The van der Waals surface area contributed by atoms with Gasteiger partial charge in [-0.3, -0.25) is 4.79 Å². The maximum absolute atomic E-state index is 12.5. The van der Waals surface area contributed by atoms with Crippen LogP contribution in [-0.4, -0.2) is 46.6 Å². The van der Waals surface area contributed by atoms with Crippen LogP contribution < -0.4 is 5.73 Å². The van der Waals surface area contributed by atoms with Crippen LogP contribution in [0.15, 0.2) is 42.7 Å². The molecule has 7 heteroatoms. The zero-order valence-corrected chi connectivity index (χ0v) is 11.3. The van der Waals surface area contributed by atoms with E-state index in [0.29, 0.717) is 0 Å². The van der Waals surface area contributed by atoms with Crippen molar-refractivity contribution in [2.24, 2.45) is 5.73 Å². The van der Waals surface area contributed by atoms with Gasteiger partial charge < -0.3 is 10.6 Å². The third-order valence-electron chi connectivity index (χ3n) is 2.89. The fourth-order valence-electron chi connectivity index (χ4n) is 1.94. The van der Waals surface area contributed by atoms with Crippen molar-refractivity contribution in [1.82, 2.24) is 14.7 Å². The summed E-state index contributed by atoms with van der Waals surface area (Å²) in [7, 11) is 0. The lowest BCUT2D eigenvalue weighted by atomic mass is 10.3. The summed E-state index contributed by atoms with van der Waals surface area (Å²) in [4.78, 5) is 13.2. The number of rotatable bonds is 6. The Morgan fingerprint density at radius 2 is 2.05 bits per heavy atom. The van der Waals surface area contributed by atoms with Gasteiger partial charge in [0.15, 0.2) is 0 Å². The minimum Gasteiger partial charge on any atom is -0.332 e. The van der Waals surface area contributed by atoms with Crippen molar-refractivity contribution in [3.63, 3.8) is 0 Å². The Labute approximate surface area is 121 Å². The van der Waals surface area contributed by atoms with Gasteiger partial charge in [0.05, 0.1) is 24.0 Å². The van der Waals surface area contributed by atoms with Crippen LogP contribution in [0.25, 0.3) is 5.69 Å². The number of halogens is 2. The van der Waals surface area contributed by atoms with Crippen molar-refractivity contribution in [2.45, 2.75) is 6.43 Å². The lowest BCUT2D eigenvalue weighted by Crippen LogP contribution is -2.38. The number of carbonyl (C=O) groups excluding carboxylic acids is 1. The van der Waals surface area contributed by atoms with E-state index in [-0.39, 0.29) is 18.7 Å². The van der Waals surface area contributed by atoms with Gasteiger partial charge in [-0.05, 0) is 12.1 Å². The van der Waals surface area contributed by atoms with Crippen LogP contribution in [-0.2, 0) is 0 Å². The Morgan fingerprint density at radius 3 is 2.67 bits per heavy atom. The number of aromatic nitrogens is 2. The third-order valence-corrected chi connectivity index (χ3v) is 2.89. The van der Waals surface area contributed by atoms with Gasteiger partial charge in [-0.25, -0.2) is 13.5 Å². The Morgan fingerprint density at radius 1 is 1.33 bits per heavy atom. The molecule has 112 valence electrons. The Hall–Kier alpha value is -2.28. The first-order valence-electron chi connectivity index (χ1n) is 6.49. The van der Waals surface area contributed by atoms with Gasteiger partial charge in [-0.2, -0.15) is 5.10 Å². The molecule has 5 nitrogen and oxygen atoms in total. The van der Waals surface area contributed by atoms with E-state index in [1.54, 1.807) is 0 Å². The van der Waals surface area contributed by atoms with E-state index in [2.05, 4.69) is 5.10 Å². The van der Waals surface area contributed by atoms with Crippen molar-refractivity contribution in [2.75, 3.05) is 19.6 Å². The van der Waals surface area contributed by atoms with Crippen molar-refractivity contribution >= 4 is 5.91 Å². The molecule has 0 saturated carbocycles. The number of nitrogens with two attached hydrogens (primary N) is 1. The predicted molar refractivity (Wildman–Crippen MR) is 74.5 cm³/mol. The maximum Gasteiger partial charge on any atom is 0.257 e. The number of benzene rings is 1. The Kier molecular flexibility index (Phi) is 4.99. The first kappa shape index (κ1) is 15.1. The lowest BCUT2D eigenvalue weighted by Gasteiger charge is -2.20. The molecule has 1 amide bonds. The molecule has 0 atom stereocenters. The lowest BCUT2D eigenvalue weighted by molar-refractivity contribution is 0.0563. The van der Waals surface area contributed by atoms with E-state index >= 15 is 0 Å². The Bertz CT molecular complexity index is 586. The number of nitrogens with zero attached hydrogens (tertiary/aromatic N) is 3. The molecule has 0 aliphatic carbocycles. The Balaban J connectivity index is 2.17. The highest BCUT2D eigenvalue weighted by Crippen LogP contribution is 2.10. The van der Waals surface area contributed by atoms with Crippen LogP contribution >= 0.6 is 0 Å².